The lowest BCUT2D eigenvalue weighted by molar-refractivity contribution is 0.0693. The van der Waals surface area contributed by atoms with Gasteiger partial charge in [-0.05, 0) is 18.2 Å². The van der Waals surface area contributed by atoms with Crippen LogP contribution in [0.15, 0.2) is 53.3 Å². The van der Waals surface area contributed by atoms with Gasteiger partial charge in [-0.1, -0.05) is 41.9 Å². The summed E-state index contributed by atoms with van der Waals surface area (Å²) >= 11 is 6.18. The second-order valence-electron chi connectivity index (χ2n) is 7.14. The summed E-state index contributed by atoms with van der Waals surface area (Å²) in [6.07, 6.45) is -0.598. The van der Waals surface area contributed by atoms with E-state index in [9.17, 15) is 9.90 Å². The fraction of sp³-hybridized carbons (Fsp3) is 0.333. The molecule has 1 unspecified atom stereocenters. The van der Waals surface area contributed by atoms with Gasteiger partial charge in [0.1, 0.15) is 5.82 Å². The smallest absolute Gasteiger partial charge is 0.258 e. The molecule has 1 atom stereocenters. The number of aliphatic hydroxyl groups is 1. The predicted molar refractivity (Wildman–Crippen MR) is 110 cm³/mol. The third-order valence-corrected chi connectivity index (χ3v) is 5.54. The van der Waals surface area contributed by atoms with Gasteiger partial charge in [0.15, 0.2) is 0 Å². The Bertz CT molecular complexity index is 1010. The number of aromatic nitrogens is 2. The second kappa shape index (κ2) is 8.41. The summed E-state index contributed by atoms with van der Waals surface area (Å²) in [5.41, 5.74) is 1.40. The number of piperazine rings is 1. The van der Waals surface area contributed by atoms with Crippen molar-refractivity contribution in [2.45, 2.75) is 12.6 Å². The first kappa shape index (κ1) is 19.1. The average molecular weight is 399 g/mol. The standard InChI is InChI=1S/C21H23ClN4O2/c22-17-7-3-1-5-15(17)19(27)13-25-9-11-26(12-10-25)14-20-23-18-8-4-2-6-16(18)21(28)24-20/h1-8,19,27H,9-14H2,(H,23,24,28). The molecule has 1 aliphatic rings. The van der Waals surface area contributed by atoms with Gasteiger partial charge >= 0.3 is 0 Å². The summed E-state index contributed by atoms with van der Waals surface area (Å²) in [5, 5.41) is 11.7. The van der Waals surface area contributed by atoms with Gasteiger partial charge in [0.2, 0.25) is 0 Å². The Hall–Kier alpha value is -2.25. The molecule has 4 rings (SSSR count). The van der Waals surface area contributed by atoms with E-state index >= 15 is 0 Å². The van der Waals surface area contributed by atoms with Crippen molar-refractivity contribution >= 4 is 22.5 Å². The SMILES string of the molecule is O=c1[nH]c(CN2CCN(CC(O)c3ccccc3Cl)CC2)nc2ccccc12. The van der Waals surface area contributed by atoms with Crippen molar-refractivity contribution in [2.75, 3.05) is 32.7 Å². The van der Waals surface area contributed by atoms with Gasteiger partial charge in [-0.15, -0.1) is 0 Å². The Morgan fingerprint density at radius 3 is 2.50 bits per heavy atom. The van der Waals surface area contributed by atoms with Crippen LogP contribution >= 0.6 is 11.6 Å². The maximum absolute atomic E-state index is 12.2. The first-order valence-electron chi connectivity index (χ1n) is 9.45. The molecular weight excluding hydrogens is 376 g/mol. The van der Waals surface area contributed by atoms with E-state index in [1.807, 2.05) is 36.4 Å². The van der Waals surface area contributed by atoms with Crippen molar-refractivity contribution in [3.63, 3.8) is 0 Å². The lowest BCUT2D eigenvalue weighted by atomic mass is 10.1. The van der Waals surface area contributed by atoms with E-state index in [0.717, 1.165) is 37.3 Å². The van der Waals surface area contributed by atoms with Gasteiger partial charge < -0.3 is 10.1 Å². The van der Waals surface area contributed by atoms with Crippen LogP contribution in [0.1, 0.15) is 17.5 Å². The number of aromatic amines is 1. The van der Waals surface area contributed by atoms with E-state index in [2.05, 4.69) is 19.8 Å². The van der Waals surface area contributed by atoms with E-state index < -0.39 is 6.10 Å². The molecule has 0 bridgehead atoms. The molecule has 3 aromatic rings. The van der Waals surface area contributed by atoms with Crippen molar-refractivity contribution in [1.82, 2.24) is 19.8 Å². The second-order valence-corrected chi connectivity index (χ2v) is 7.55. The maximum Gasteiger partial charge on any atom is 0.258 e. The number of benzene rings is 2. The third kappa shape index (κ3) is 4.25. The van der Waals surface area contributed by atoms with Crippen LogP contribution in [-0.2, 0) is 6.54 Å². The first-order valence-corrected chi connectivity index (χ1v) is 9.83. The normalized spacial score (nSPS) is 17.1. The van der Waals surface area contributed by atoms with Crippen molar-refractivity contribution < 1.29 is 5.11 Å². The minimum Gasteiger partial charge on any atom is -0.387 e. The number of hydrogen-bond acceptors (Lipinski definition) is 5. The lowest BCUT2D eigenvalue weighted by Gasteiger charge is -2.35. The molecule has 2 aromatic carbocycles. The van der Waals surface area contributed by atoms with E-state index in [4.69, 9.17) is 11.6 Å². The number of nitrogens with one attached hydrogen (secondary N) is 1. The average Bonchev–Trinajstić information content (AvgIpc) is 2.70. The van der Waals surface area contributed by atoms with Gasteiger partial charge in [-0.25, -0.2) is 4.98 Å². The number of para-hydroxylation sites is 1. The van der Waals surface area contributed by atoms with Crippen LogP contribution < -0.4 is 5.56 Å². The highest BCUT2D eigenvalue weighted by molar-refractivity contribution is 6.31. The summed E-state index contributed by atoms with van der Waals surface area (Å²) < 4.78 is 0. The molecule has 1 aromatic heterocycles. The van der Waals surface area contributed by atoms with Gasteiger partial charge in [0, 0.05) is 43.3 Å². The lowest BCUT2D eigenvalue weighted by Crippen LogP contribution is -2.47. The minimum absolute atomic E-state index is 0.0953. The molecule has 146 valence electrons. The Balaban J connectivity index is 1.34. The van der Waals surface area contributed by atoms with Crippen LogP contribution in [0, 0.1) is 0 Å². The first-order chi connectivity index (χ1) is 13.6. The number of fused-ring (bicyclic) bond motifs is 1. The Morgan fingerprint density at radius 2 is 1.71 bits per heavy atom. The maximum atomic E-state index is 12.2. The number of H-pyrrole nitrogens is 1. The molecule has 28 heavy (non-hydrogen) atoms. The summed E-state index contributed by atoms with van der Waals surface area (Å²) in [6, 6.07) is 14.8. The Labute approximate surface area is 168 Å². The van der Waals surface area contributed by atoms with E-state index in [-0.39, 0.29) is 5.56 Å². The molecule has 0 aliphatic carbocycles. The zero-order valence-corrected chi connectivity index (χ0v) is 16.3. The molecule has 2 heterocycles. The molecule has 1 aliphatic heterocycles. The number of nitrogens with zero attached hydrogens (tertiary/aromatic N) is 3. The molecule has 1 saturated heterocycles. The number of aliphatic hydroxyl groups excluding tert-OH is 1. The Morgan fingerprint density at radius 1 is 1.04 bits per heavy atom. The van der Waals surface area contributed by atoms with E-state index in [1.54, 1.807) is 12.1 Å². The van der Waals surface area contributed by atoms with Gasteiger partial charge in [0.25, 0.3) is 5.56 Å². The fourth-order valence-electron chi connectivity index (χ4n) is 3.64. The largest absolute Gasteiger partial charge is 0.387 e. The van der Waals surface area contributed by atoms with Crippen LogP contribution in [0.3, 0.4) is 0 Å². The molecule has 0 amide bonds. The summed E-state index contributed by atoms with van der Waals surface area (Å²) in [5.74, 6) is 0.688. The third-order valence-electron chi connectivity index (χ3n) is 5.20. The van der Waals surface area contributed by atoms with Crippen molar-refractivity contribution in [2.24, 2.45) is 0 Å². The highest BCUT2D eigenvalue weighted by Crippen LogP contribution is 2.23. The highest BCUT2D eigenvalue weighted by atomic mass is 35.5. The van der Waals surface area contributed by atoms with Gasteiger partial charge in [-0.3, -0.25) is 14.6 Å². The summed E-state index contributed by atoms with van der Waals surface area (Å²) in [7, 11) is 0. The van der Waals surface area contributed by atoms with Crippen molar-refractivity contribution in [3.05, 3.63) is 75.3 Å². The fourth-order valence-corrected chi connectivity index (χ4v) is 3.90. The van der Waals surface area contributed by atoms with Gasteiger partial charge in [-0.2, -0.15) is 0 Å². The molecule has 6 nitrogen and oxygen atoms in total. The molecule has 2 N–H and O–H groups in total. The van der Waals surface area contributed by atoms with Crippen LogP contribution in [0.5, 0.6) is 0 Å². The quantitative estimate of drug-likeness (QED) is 0.690. The zero-order valence-electron chi connectivity index (χ0n) is 15.5. The molecule has 7 heteroatoms. The van der Waals surface area contributed by atoms with Crippen LogP contribution in [0.4, 0.5) is 0 Å². The van der Waals surface area contributed by atoms with E-state index in [0.29, 0.717) is 29.3 Å². The zero-order chi connectivity index (χ0) is 19.5. The number of halogens is 1. The van der Waals surface area contributed by atoms with Crippen LogP contribution in [-0.4, -0.2) is 57.6 Å². The number of β-amino-alcohol motifs (C(OH)–C–C–N with tert-alkyl or cyclic N) is 1. The van der Waals surface area contributed by atoms with Crippen LogP contribution in [0.2, 0.25) is 5.02 Å². The molecule has 0 radical (unpaired) electrons. The van der Waals surface area contributed by atoms with E-state index in [1.165, 1.54) is 0 Å². The van der Waals surface area contributed by atoms with Crippen molar-refractivity contribution in [3.8, 4) is 0 Å². The van der Waals surface area contributed by atoms with Crippen molar-refractivity contribution in [1.29, 1.82) is 0 Å². The number of hydrogen-bond donors (Lipinski definition) is 2. The number of rotatable bonds is 5. The topological polar surface area (TPSA) is 72.5 Å². The molecule has 0 saturated carbocycles. The molecule has 0 spiro atoms. The predicted octanol–water partition coefficient (Wildman–Crippen LogP) is 2.43. The highest BCUT2D eigenvalue weighted by Gasteiger charge is 2.21. The molecule has 1 fully saturated rings. The molecular formula is C21H23ClN4O2. The summed E-state index contributed by atoms with van der Waals surface area (Å²) in [6.45, 7) is 4.57. The minimum atomic E-state index is -0.598. The van der Waals surface area contributed by atoms with Crippen LogP contribution in [0.25, 0.3) is 10.9 Å². The van der Waals surface area contributed by atoms with Gasteiger partial charge in [0.05, 0.1) is 23.6 Å². The Kier molecular flexibility index (Phi) is 5.73. The summed E-state index contributed by atoms with van der Waals surface area (Å²) in [4.78, 5) is 24.2. The monoisotopic (exact) mass is 398 g/mol.